The number of sulfone groups is 1. The SMILES string of the molecule is C[C@@H]1CC(C)(C)CC[C@@H]1NC(=O)CCS(C)(=O)=O. The lowest BCUT2D eigenvalue weighted by atomic mass is 9.70. The number of nitrogens with one attached hydrogen (secondary N) is 1. The zero-order valence-corrected chi connectivity index (χ0v) is 12.6. The van der Waals surface area contributed by atoms with Crippen LogP contribution in [0.15, 0.2) is 0 Å². The van der Waals surface area contributed by atoms with E-state index in [2.05, 4.69) is 26.1 Å². The van der Waals surface area contributed by atoms with E-state index in [1.54, 1.807) is 0 Å². The first-order valence-corrected chi connectivity index (χ1v) is 8.62. The van der Waals surface area contributed by atoms with Crippen molar-refractivity contribution in [3.8, 4) is 0 Å². The van der Waals surface area contributed by atoms with Crippen molar-refractivity contribution in [2.75, 3.05) is 12.0 Å². The van der Waals surface area contributed by atoms with E-state index >= 15 is 0 Å². The summed E-state index contributed by atoms with van der Waals surface area (Å²) in [6, 6.07) is 0.199. The Balaban J connectivity index is 2.41. The maximum atomic E-state index is 11.7. The molecule has 1 amide bonds. The molecule has 0 radical (unpaired) electrons. The molecule has 1 fully saturated rings. The van der Waals surface area contributed by atoms with Crippen LogP contribution in [0, 0.1) is 11.3 Å². The minimum absolute atomic E-state index is 0.0641. The summed E-state index contributed by atoms with van der Waals surface area (Å²) in [5.41, 5.74) is 0.355. The highest BCUT2D eigenvalue weighted by Gasteiger charge is 2.32. The summed E-state index contributed by atoms with van der Waals surface area (Å²) in [6.45, 7) is 6.67. The Morgan fingerprint density at radius 1 is 1.39 bits per heavy atom. The van der Waals surface area contributed by atoms with Crippen molar-refractivity contribution in [3.05, 3.63) is 0 Å². The van der Waals surface area contributed by atoms with Crippen molar-refractivity contribution in [1.82, 2.24) is 5.32 Å². The summed E-state index contributed by atoms with van der Waals surface area (Å²) in [5.74, 6) is 0.249. The molecule has 0 aromatic heterocycles. The highest BCUT2D eigenvalue weighted by molar-refractivity contribution is 7.90. The van der Waals surface area contributed by atoms with Crippen LogP contribution in [0.1, 0.15) is 46.5 Å². The van der Waals surface area contributed by atoms with E-state index < -0.39 is 9.84 Å². The van der Waals surface area contributed by atoms with E-state index in [0.717, 1.165) is 25.5 Å². The van der Waals surface area contributed by atoms with Gasteiger partial charge in [0.2, 0.25) is 5.91 Å². The zero-order valence-electron chi connectivity index (χ0n) is 11.8. The average Bonchev–Trinajstić information content (AvgIpc) is 2.18. The number of hydrogen-bond acceptors (Lipinski definition) is 3. The van der Waals surface area contributed by atoms with Gasteiger partial charge in [-0.25, -0.2) is 8.42 Å². The molecule has 0 aromatic rings. The third-order valence-electron chi connectivity index (χ3n) is 3.74. The Morgan fingerprint density at radius 3 is 2.50 bits per heavy atom. The first-order valence-electron chi connectivity index (χ1n) is 6.56. The monoisotopic (exact) mass is 275 g/mol. The summed E-state index contributed by atoms with van der Waals surface area (Å²) >= 11 is 0. The number of amides is 1. The topological polar surface area (TPSA) is 63.2 Å². The van der Waals surface area contributed by atoms with Gasteiger partial charge in [-0.1, -0.05) is 20.8 Å². The lowest BCUT2D eigenvalue weighted by molar-refractivity contribution is -0.122. The van der Waals surface area contributed by atoms with Gasteiger partial charge in [-0.05, 0) is 30.6 Å². The quantitative estimate of drug-likeness (QED) is 0.850. The molecule has 0 aromatic carbocycles. The molecule has 1 aliphatic rings. The standard InChI is InChI=1S/C13H25NO3S/c1-10-9-13(2,3)7-5-11(10)14-12(15)6-8-18(4,16)17/h10-11H,5-9H2,1-4H3,(H,14,15)/t10-,11+/m1/s1. The molecule has 0 heterocycles. The largest absolute Gasteiger partial charge is 0.353 e. The number of rotatable bonds is 4. The van der Waals surface area contributed by atoms with Crippen LogP contribution in [-0.2, 0) is 14.6 Å². The Kier molecular flexibility index (Phi) is 4.81. The molecule has 1 N–H and O–H groups in total. The van der Waals surface area contributed by atoms with Crippen molar-refractivity contribution < 1.29 is 13.2 Å². The van der Waals surface area contributed by atoms with Crippen LogP contribution in [-0.4, -0.2) is 32.4 Å². The summed E-state index contributed by atoms with van der Waals surface area (Å²) in [7, 11) is -3.05. The first-order chi connectivity index (χ1) is 8.09. The second-order valence-electron chi connectivity index (χ2n) is 6.44. The second kappa shape index (κ2) is 5.59. The zero-order chi connectivity index (χ0) is 14.0. The first kappa shape index (κ1) is 15.5. The fourth-order valence-electron chi connectivity index (χ4n) is 2.72. The van der Waals surface area contributed by atoms with Crippen LogP contribution >= 0.6 is 0 Å². The lowest BCUT2D eigenvalue weighted by Gasteiger charge is -2.39. The van der Waals surface area contributed by atoms with Gasteiger partial charge < -0.3 is 5.32 Å². The van der Waals surface area contributed by atoms with Crippen molar-refractivity contribution in [2.45, 2.75) is 52.5 Å². The van der Waals surface area contributed by atoms with Gasteiger partial charge in [0.1, 0.15) is 9.84 Å². The predicted molar refractivity (Wildman–Crippen MR) is 73.1 cm³/mol. The average molecular weight is 275 g/mol. The van der Waals surface area contributed by atoms with E-state index in [1.165, 1.54) is 0 Å². The van der Waals surface area contributed by atoms with E-state index in [4.69, 9.17) is 0 Å². The van der Waals surface area contributed by atoms with E-state index in [-0.39, 0.29) is 24.1 Å². The highest BCUT2D eigenvalue weighted by Crippen LogP contribution is 2.38. The maximum absolute atomic E-state index is 11.7. The molecular formula is C13H25NO3S. The molecule has 2 atom stereocenters. The minimum atomic E-state index is -3.05. The molecule has 1 rings (SSSR count). The molecule has 1 aliphatic carbocycles. The third kappa shape index (κ3) is 5.38. The van der Waals surface area contributed by atoms with Crippen molar-refractivity contribution in [2.24, 2.45) is 11.3 Å². The van der Waals surface area contributed by atoms with Gasteiger partial charge in [0.05, 0.1) is 5.75 Å². The second-order valence-corrected chi connectivity index (χ2v) is 8.70. The lowest BCUT2D eigenvalue weighted by Crippen LogP contribution is -2.44. The smallest absolute Gasteiger partial charge is 0.221 e. The fraction of sp³-hybridized carbons (Fsp3) is 0.923. The molecular weight excluding hydrogens is 250 g/mol. The number of carbonyl (C=O) groups is 1. The predicted octanol–water partition coefficient (Wildman–Crippen LogP) is 1.75. The van der Waals surface area contributed by atoms with Crippen LogP contribution in [0.5, 0.6) is 0 Å². The van der Waals surface area contributed by atoms with E-state index in [1.807, 2.05) is 0 Å². The Morgan fingerprint density at radius 2 is 2.00 bits per heavy atom. The molecule has 0 aliphatic heterocycles. The van der Waals surface area contributed by atoms with Crippen molar-refractivity contribution >= 4 is 15.7 Å². The fourth-order valence-corrected chi connectivity index (χ4v) is 3.27. The van der Waals surface area contributed by atoms with E-state index in [0.29, 0.717) is 11.3 Å². The third-order valence-corrected chi connectivity index (χ3v) is 4.69. The van der Waals surface area contributed by atoms with Crippen LogP contribution in [0.2, 0.25) is 0 Å². The summed E-state index contributed by atoms with van der Waals surface area (Å²) < 4.78 is 22.0. The van der Waals surface area contributed by atoms with Crippen LogP contribution in [0.4, 0.5) is 0 Å². The Hall–Kier alpha value is -0.580. The Labute approximate surface area is 110 Å². The van der Waals surface area contributed by atoms with Gasteiger partial charge in [-0.15, -0.1) is 0 Å². The normalized spacial score (nSPS) is 27.8. The molecule has 0 saturated heterocycles. The molecule has 1 saturated carbocycles. The number of carbonyl (C=O) groups excluding carboxylic acids is 1. The van der Waals surface area contributed by atoms with Crippen LogP contribution in [0.3, 0.4) is 0 Å². The van der Waals surface area contributed by atoms with Crippen LogP contribution in [0.25, 0.3) is 0 Å². The van der Waals surface area contributed by atoms with Gasteiger partial charge in [-0.2, -0.15) is 0 Å². The highest BCUT2D eigenvalue weighted by atomic mass is 32.2. The molecule has 0 bridgehead atoms. The maximum Gasteiger partial charge on any atom is 0.221 e. The molecule has 106 valence electrons. The van der Waals surface area contributed by atoms with E-state index in [9.17, 15) is 13.2 Å². The van der Waals surface area contributed by atoms with Crippen molar-refractivity contribution in [3.63, 3.8) is 0 Å². The van der Waals surface area contributed by atoms with Gasteiger partial charge in [0, 0.05) is 18.7 Å². The summed E-state index contributed by atoms with van der Waals surface area (Å²) in [5, 5.41) is 2.98. The van der Waals surface area contributed by atoms with Crippen LogP contribution < -0.4 is 5.32 Å². The summed E-state index contributed by atoms with van der Waals surface area (Å²) in [4.78, 5) is 11.7. The summed E-state index contributed by atoms with van der Waals surface area (Å²) in [6.07, 6.45) is 4.43. The molecule has 18 heavy (non-hydrogen) atoms. The molecule has 0 unspecified atom stereocenters. The Bertz CT molecular complexity index is 400. The van der Waals surface area contributed by atoms with Gasteiger partial charge in [-0.3, -0.25) is 4.79 Å². The molecule has 4 nitrogen and oxygen atoms in total. The number of hydrogen-bond donors (Lipinski definition) is 1. The van der Waals surface area contributed by atoms with Gasteiger partial charge in [0.15, 0.2) is 0 Å². The van der Waals surface area contributed by atoms with Gasteiger partial charge in [0.25, 0.3) is 0 Å². The molecule has 0 spiro atoms. The minimum Gasteiger partial charge on any atom is -0.353 e. The van der Waals surface area contributed by atoms with Gasteiger partial charge >= 0.3 is 0 Å². The van der Waals surface area contributed by atoms with Crippen molar-refractivity contribution in [1.29, 1.82) is 0 Å². The molecule has 5 heteroatoms.